The first-order valence-electron chi connectivity index (χ1n) is 8.37. The molecule has 0 aliphatic rings. The first-order chi connectivity index (χ1) is 12.6. The Hall–Kier alpha value is -2.90. The van der Waals surface area contributed by atoms with E-state index in [-0.39, 0.29) is 19.6 Å². The number of benzene rings is 1. The van der Waals surface area contributed by atoms with Gasteiger partial charge in [0.05, 0.1) is 17.1 Å². The minimum atomic E-state index is -1.09. The Labute approximate surface area is 150 Å². The predicted molar refractivity (Wildman–Crippen MR) is 96.3 cm³/mol. The maximum Gasteiger partial charge on any atom is 0.407 e. The van der Waals surface area contributed by atoms with Gasteiger partial charge in [-0.2, -0.15) is 0 Å². The first kappa shape index (κ1) is 17.9. The van der Waals surface area contributed by atoms with Gasteiger partial charge in [0.15, 0.2) is 0 Å². The molecule has 0 spiro atoms. The van der Waals surface area contributed by atoms with E-state index in [4.69, 9.17) is 4.74 Å². The molecular formula is C19H21N3O4. The van der Waals surface area contributed by atoms with Crippen LogP contribution in [-0.2, 0) is 11.3 Å². The van der Waals surface area contributed by atoms with Crippen LogP contribution in [0.5, 0.6) is 0 Å². The largest absolute Gasteiger partial charge is 0.445 e. The van der Waals surface area contributed by atoms with Crippen molar-refractivity contribution in [2.75, 3.05) is 6.54 Å². The smallest absolute Gasteiger partial charge is 0.407 e. The number of amides is 1. The van der Waals surface area contributed by atoms with Crippen LogP contribution in [0.4, 0.5) is 4.79 Å². The van der Waals surface area contributed by atoms with Gasteiger partial charge in [-0.3, -0.25) is 4.98 Å². The summed E-state index contributed by atoms with van der Waals surface area (Å²) in [6.45, 7) is 0.365. The zero-order valence-electron chi connectivity index (χ0n) is 14.1. The summed E-state index contributed by atoms with van der Waals surface area (Å²) in [5.41, 5.74) is 2.99. The number of carbonyl (C=O) groups is 1. The van der Waals surface area contributed by atoms with Crippen molar-refractivity contribution in [1.29, 1.82) is 0 Å². The number of aromatic amines is 1. The van der Waals surface area contributed by atoms with Gasteiger partial charge in [-0.05, 0) is 24.1 Å². The number of carbonyl (C=O) groups excluding carboxylic acids is 1. The minimum Gasteiger partial charge on any atom is -0.445 e. The molecule has 3 aromatic rings. The first-order valence-corrected chi connectivity index (χ1v) is 8.37. The third kappa shape index (κ3) is 4.59. The second-order valence-electron chi connectivity index (χ2n) is 5.97. The van der Waals surface area contributed by atoms with E-state index < -0.39 is 18.3 Å². The highest BCUT2D eigenvalue weighted by Crippen LogP contribution is 2.21. The Balaban J connectivity index is 1.42. The molecule has 0 radical (unpaired) electrons. The lowest BCUT2D eigenvalue weighted by atomic mass is 10.0. The van der Waals surface area contributed by atoms with Crippen LogP contribution in [0, 0.1) is 0 Å². The summed E-state index contributed by atoms with van der Waals surface area (Å²) in [6.07, 6.45) is 0.798. The number of H-pyrrole nitrogens is 1. The van der Waals surface area contributed by atoms with Crippen molar-refractivity contribution in [3.8, 4) is 0 Å². The number of aliphatic hydroxyl groups excluding tert-OH is 2. The lowest BCUT2D eigenvalue weighted by Crippen LogP contribution is -2.29. The molecule has 2 unspecified atom stereocenters. The zero-order chi connectivity index (χ0) is 18.4. The van der Waals surface area contributed by atoms with Crippen molar-refractivity contribution >= 4 is 17.1 Å². The molecule has 26 heavy (non-hydrogen) atoms. The highest BCUT2D eigenvalue weighted by atomic mass is 16.5. The number of nitrogens with one attached hydrogen (secondary N) is 2. The number of fused-ring (bicyclic) bond motifs is 1. The Morgan fingerprint density at radius 3 is 2.85 bits per heavy atom. The summed E-state index contributed by atoms with van der Waals surface area (Å²) >= 11 is 0. The highest BCUT2D eigenvalue weighted by Gasteiger charge is 2.19. The maximum atomic E-state index is 11.7. The molecule has 1 amide bonds. The Kier molecular flexibility index (Phi) is 5.83. The maximum absolute atomic E-state index is 11.7. The van der Waals surface area contributed by atoms with Crippen LogP contribution in [0.3, 0.4) is 0 Å². The van der Waals surface area contributed by atoms with Crippen LogP contribution in [0.2, 0.25) is 0 Å². The Morgan fingerprint density at radius 1 is 1.23 bits per heavy atom. The van der Waals surface area contributed by atoms with E-state index >= 15 is 0 Å². The number of nitrogens with zero attached hydrogens (tertiary/aromatic N) is 1. The van der Waals surface area contributed by atoms with E-state index in [9.17, 15) is 15.0 Å². The van der Waals surface area contributed by atoms with Gasteiger partial charge in [0.1, 0.15) is 12.7 Å². The van der Waals surface area contributed by atoms with Gasteiger partial charge in [-0.15, -0.1) is 0 Å². The van der Waals surface area contributed by atoms with Crippen LogP contribution in [0.15, 0.2) is 54.9 Å². The molecule has 0 aliphatic carbocycles. The predicted octanol–water partition coefficient (Wildman–Crippen LogP) is 2.27. The van der Waals surface area contributed by atoms with Crippen molar-refractivity contribution in [3.63, 3.8) is 0 Å². The van der Waals surface area contributed by atoms with Crippen molar-refractivity contribution in [3.05, 3.63) is 66.0 Å². The molecule has 0 saturated heterocycles. The Bertz CT molecular complexity index is 850. The summed E-state index contributed by atoms with van der Waals surface area (Å²) in [5.74, 6) is 0. The van der Waals surface area contributed by atoms with E-state index in [0.29, 0.717) is 5.56 Å². The summed E-state index contributed by atoms with van der Waals surface area (Å²) in [6, 6.07) is 12.9. The number of hydrogen-bond acceptors (Lipinski definition) is 5. The molecule has 0 saturated carbocycles. The van der Waals surface area contributed by atoms with Gasteiger partial charge in [0, 0.05) is 24.5 Å². The molecule has 7 nitrogen and oxygen atoms in total. The SMILES string of the molecule is O=C(NCCC(O)C(O)c1cnc2cc[nH]c2c1)OCc1ccccc1. The number of pyridine rings is 1. The number of alkyl carbamates (subject to hydrolysis) is 1. The molecule has 2 atom stereocenters. The molecule has 0 bridgehead atoms. The number of aliphatic hydroxyl groups is 2. The fourth-order valence-corrected chi connectivity index (χ4v) is 2.59. The van der Waals surface area contributed by atoms with E-state index in [0.717, 1.165) is 16.6 Å². The quantitative estimate of drug-likeness (QED) is 0.520. The average molecular weight is 355 g/mol. The fraction of sp³-hybridized carbons (Fsp3) is 0.263. The molecule has 4 N–H and O–H groups in total. The normalized spacial score (nSPS) is 13.3. The number of ether oxygens (including phenoxy) is 1. The van der Waals surface area contributed by atoms with Gasteiger partial charge in [0.25, 0.3) is 0 Å². The van der Waals surface area contributed by atoms with Gasteiger partial charge >= 0.3 is 6.09 Å². The molecule has 2 aromatic heterocycles. The third-order valence-electron chi connectivity index (χ3n) is 4.05. The van der Waals surface area contributed by atoms with E-state index in [2.05, 4.69) is 15.3 Å². The molecular weight excluding hydrogens is 334 g/mol. The van der Waals surface area contributed by atoms with E-state index in [1.54, 1.807) is 12.3 Å². The second-order valence-corrected chi connectivity index (χ2v) is 5.97. The lowest BCUT2D eigenvalue weighted by molar-refractivity contribution is 0.0135. The van der Waals surface area contributed by atoms with Crippen molar-refractivity contribution < 1.29 is 19.7 Å². The molecule has 3 rings (SSSR count). The van der Waals surface area contributed by atoms with Crippen molar-refractivity contribution in [2.45, 2.75) is 25.2 Å². The van der Waals surface area contributed by atoms with Gasteiger partial charge in [-0.1, -0.05) is 30.3 Å². The zero-order valence-corrected chi connectivity index (χ0v) is 14.1. The monoisotopic (exact) mass is 355 g/mol. The highest BCUT2D eigenvalue weighted by molar-refractivity contribution is 5.75. The molecule has 7 heteroatoms. The average Bonchev–Trinajstić information content (AvgIpc) is 3.14. The Morgan fingerprint density at radius 2 is 2.04 bits per heavy atom. The van der Waals surface area contributed by atoms with Crippen LogP contribution < -0.4 is 5.32 Å². The van der Waals surface area contributed by atoms with E-state index in [1.165, 1.54) is 6.20 Å². The summed E-state index contributed by atoms with van der Waals surface area (Å²) in [5, 5.41) is 23.0. The van der Waals surface area contributed by atoms with Crippen LogP contribution >= 0.6 is 0 Å². The topological polar surface area (TPSA) is 107 Å². The molecule has 136 valence electrons. The molecule has 0 fully saturated rings. The van der Waals surface area contributed by atoms with E-state index in [1.807, 2.05) is 36.4 Å². The second kappa shape index (κ2) is 8.46. The van der Waals surface area contributed by atoms with Crippen LogP contribution in [-0.4, -0.2) is 38.9 Å². The third-order valence-corrected chi connectivity index (χ3v) is 4.05. The van der Waals surface area contributed by atoms with Gasteiger partial charge in [0.2, 0.25) is 0 Å². The summed E-state index contributed by atoms with van der Waals surface area (Å²) in [7, 11) is 0. The van der Waals surface area contributed by atoms with Gasteiger partial charge in [-0.25, -0.2) is 4.79 Å². The van der Waals surface area contributed by atoms with Gasteiger partial charge < -0.3 is 25.3 Å². The standard InChI is InChI=1S/C19H21N3O4/c23-17(18(24)14-10-16-15(22-11-14)6-8-20-16)7-9-21-19(25)26-12-13-4-2-1-3-5-13/h1-6,8,10-11,17-18,20,23-24H,7,9,12H2,(H,21,25). The molecule has 2 heterocycles. The molecule has 0 aliphatic heterocycles. The summed E-state index contributed by atoms with van der Waals surface area (Å²) < 4.78 is 5.09. The number of hydrogen-bond donors (Lipinski definition) is 4. The van der Waals surface area contributed by atoms with Crippen molar-refractivity contribution in [2.24, 2.45) is 0 Å². The van der Waals surface area contributed by atoms with Crippen LogP contribution in [0.1, 0.15) is 23.7 Å². The van der Waals surface area contributed by atoms with Crippen molar-refractivity contribution in [1.82, 2.24) is 15.3 Å². The fourth-order valence-electron chi connectivity index (χ4n) is 2.59. The summed E-state index contributed by atoms with van der Waals surface area (Å²) in [4.78, 5) is 18.9. The minimum absolute atomic E-state index is 0.180. The number of rotatable bonds is 7. The molecule has 1 aromatic carbocycles. The number of aromatic nitrogens is 2. The lowest BCUT2D eigenvalue weighted by Gasteiger charge is -2.18. The van der Waals surface area contributed by atoms with Crippen LogP contribution in [0.25, 0.3) is 11.0 Å².